The van der Waals surface area contributed by atoms with Gasteiger partial charge in [-0.2, -0.15) is 0 Å². The summed E-state index contributed by atoms with van der Waals surface area (Å²) in [6.07, 6.45) is 2.63. The summed E-state index contributed by atoms with van der Waals surface area (Å²) in [5.74, 6) is 0.825. The van der Waals surface area contributed by atoms with Crippen LogP contribution in [0, 0.1) is 12.8 Å². The summed E-state index contributed by atoms with van der Waals surface area (Å²) in [5, 5.41) is 3.55. The highest BCUT2D eigenvalue weighted by molar-refractivity contribution is 9.10. The monoisotopic (exact) mass is 296 g/mol. The van der Waals surface area contributed by atoms with Crippen molar-refractivity contribution in [3.05, 3.63) is 28.2 Å². The number of aryl methyl sites for hydroxylation is 1. The number of halogens is 1. The molecule has 1 aromatic rings. The Morgan fingerprint density at radius 3 is 2.71 bits per heavy atom. The molecule has 0 spiro atoms. The molecule has 1 N–H and O–H groups in total. The van der Waals surface area contributed by atoms with E-state index in [4.69, 9.17) is 0 Å². The van der Waals surface area contributed by atoms with Gasteiger partial charge in [-0.1, -0.05) is 22.0 Å². The average Bonchev–Trinajstić information content (AvgIpc) is 2.33. The van der Waals surface area contributed by atoms with Crippen LogP contribution in [-0.2, 0) is 0 Å². The topological polar surface area (TPSA) is 15.3 Å². The largest absolute Gasteiger partial charge is 0.385 e. The molecule has 17 heavy (non-hydrogen) atoms. The molecule has 0 aliphatic carbocycles. The number of hydrogen-bond acceptors (Lipinski definition) is 2. The Kier molecular flexibility index (Phi) is 4.46. The molecule has 0 unspecified atom stereocenters. The van der Waals surface area contributed by atoms with Crippen LogP contribution in [0.25, 0.3) is 0 Å². The van der Waals surface area contributed by atoms with Crippen molar-refractivity contribution in [3.8, 4) is 0 Å². The van der Waals surface area contributed by atoms with Crippen molar-refractivity contribution in [2.45, 2.75) is 19.8 Å². The first-order valence-corrected chi connectivity index (χ1v) is 7.13. The molecule has 0 amide bonds. The Morgan fingerprint density at radius 2 is 2.06 bits per heavy atom. The summed E-state index contributed by atoms with van der Waals surface area (Å²) < 4.78 is 1.19. The van der Waals surface area contributed by atoms with E-state index in [0.717, 1.165) is 12.5 Å². The number of nitrogens with one attached hydrogen (secondary N) is 1. The van der Waals surface area contributed by atoms with E-state index in [9.17, 15) is 0 Å². The molecular formula is C14H21BrN2. The molecule has 2 nitrogen and oxygen atoms in total. The molecule has 1 heterocycles. The smallest absolute Gasteiger partial charge is 0.0351 e. The lowest BCUT2D eigenvalue weighted by atomic mass is 9.97. The minimum absolute atomic E-state index is 0.825. The Hall–Kier alpha value is -0.540. The van der Waals surface area contributed by atoms with E-state index in [-0.39, 0.29) is 0 Å². The zero-order valence-electron chi connectivity index (χ0n) is 10.7. The van der Waals surface area contributed by atoms with Crippen LogP contribution in [0.1, 0.15) is 18.4 Å². The summed E-state index contributed by atoms with van der Waals surface area (Å²) in [4.78, 5) is 2.42. The van der Waals surface area contributed by atoms with Gasteiger partial charge in [0.1, 0.15) is 0 Å². The minimum Gasteiger partial charge on any atom is -0.385 e. The predicted molar refractivity (Wildman–Crippen MR) is 77.6 cm³/mol. The standard InChI is InChI=1S/C14H21BrN2/c1-11-3-4-13(9-14(11)15)16-10-12-5-7-17(2)8-6-12/h3-4,9,12,16H,5-8,10H2,1-2H3. The van der Waals surface area contributed by atoms with Crippen molar-refractivity contribution < 1.29 is 0 Å². The number of piperidine rings is 1. The van der Waals surface area contributed by atoms with Crippen molar-refractivity contribution in [2.75, 3.05) is 32.0 Å². The molecule has 1 aromatic carbocycles. The number of rotatable bonds is 3. The summed E-state index contributed by atoms with van der Waals surface area (Å²) >= 11 is 3.57. The maximum Gasteiger partial charge on any atom is 0.0351 e. The Bertz CT molecular complexity index is 370. The molecule has 0 saturated carbocycles. The molecule has 1 aliphatic heterocycles. The van der Waals surface area contributed by atoms with Gasteiger partial charge in [-0.25, -0.2) is 0 Å². The molecule has 3 heteroatoms. The number of benzene rings is 1. The third kappa shape index (κ3) is 3.71. The first-order valence-electron chi connectivity index (χ1n) is 6.33. The first kappa shape index (κ1) is 12.9. The highest BCUT2D eigenvalue weighted by atomic mass is 79.9. The number of nitrogens with zero attached hydrogens (tertiary/aromatic N) is 1. The lowest BCUT2D eigenvalue weighted by Crippen LogP contribution is -2.32. The zero-order chi connectivity index (χ0) is 12.3. The predicted octanol–water partition coefficient (Wildman–Crippen LogP) is 3.51. The van der Waals surface area contributed by atoms with Crippen LogP contribution in [0.5, 0.6) is 0 Å². The highest BCUT2D eigenvalue weighted by Gasteiger charge is 2.16. The van der Waals surface area contributed by atoms with Crippen molar-refractivity contribution in [3.63, 3.8) is 0 Å². The number of hydrogen-bond donors (Lipinski definition) is 1. The normalized spacial score (nSPS) is 18.3. The Balaban J connectivity index is 1.83. The van der Waals surface area contributed by atoms with Gasteiger partial charge in [0, 0.05) is 16.7 Å². The van der Waals surface area contributed by atoms with Gasteiger partial charge in [0.2, 0.25) is 0 Å². The van der Waals surface area contributed by atoms with Crippen molar-refractivity contribution in [1.29, 1.82) is 0 Å². The third-order valence-corrected chi connectivity index (χ3v) is 4.46. The molecule has 2 rings (SSSR count). The third-order valence-electron chi connectivity index (χ3n) is 3.60. The van der Waals surface area contributed by atoms with Crippen LogP contribution in [0.3, 0.4) is 0 Å². The van der Waals surface area contributed by atoms with E-state index in [2.05, 4.69) is 58.3 Å². The fraction of sp³-hybridized carbons (Fsp3) is 0.571. The number of likely N-dealkylation sites (tertiary alicyclic amines) is 1. The molecule has 0 bridgehead atoms. The Morgan fingerprint density at radius 1 is 1.35 bits per heavy atom. The van der Waals surface area contributed by atoms with Gasteiger partial charge in [0.15, 0.2) is 0 Å². The molecule has 94 valence electrons. The average molecular weight is 297 g/mol. The lowest BCUT2D eigenvalue weighted by Gasteiger charge is -2.29. The molecule has 1 aliphatic rings. The van der Waals surface area contributed by atoms with E-state index in [1.807, 2.05) is 0 Å². The van der Waals surface area contributed by atoms with Gasteiger partial charge >= 0.3 is 0 Å². The van der Waals surface area contributed by atoms with Crippen LogP contribution in [-0.4, -0.2) is 31.6 Å². The van der Waals surface area contributed by atoms with Crippen LogP contribution < -0.4 is 5.32 Å². The minimum atomic E-state index is 0.825. The van der Waals surface area contributed by atoms with Gasteiger partial charge in [0.05, 0.1) is 0 Å². The quantitative estimate of drug-likeness (QED) is 0.918. The number of anilines is 1. The highest BCUT2D eigenvalue weighted by Crippen LogP contribution is 2.22. The SMILES string of the molecule is Cc1ccc(NCC2CCN(C)CC2)cc1Br. The van der Waals surface area contributed by atoms with Gasteiger partial charge in [-0.3, -0.25) is 0 Å². The van der Waals surface area contributed by atoms with Crippen molar-refractivity contribution in [1.82, 2.24) is 4.90 Å². The van der Waals surface area contributed by atoms with Gasteiger partial charge in [-0.15, -0.1) is 0 Å². The van der Waals surface area contributed by atoms with Crippen LogP contribution in [0.4, 0.5) is 5.69 Å². The Labute approximate surface area is 113 Å². The van der Waals surface area contributed by atoms with Crippen molar-refractivity contribution >= 4 is 21.6 Å². The van der Waals surface area contributed by atoms with Gasteiger partial charge < -0.3 is 10.2 Å². The van der Waals surface area contributed by atoms with Crippen LogP contribution in [0.15, 0.2) is 22.7 Å². The summed E-state index contributed by atoms with van der Waals surface area (Å²) in [7, 11) is 2.21. The molecule has 0 aromatic heterocycles. The fourth-order valence-corrected chi connectivity index (χ4v) is 2.61. The van der Waals surface area contributed by atoms with Gasteiger partial charge in [-0.05, 0) is 63.5 Å². The first-order chi connectivity index (χ1) is 8.15. The maximum atomic E-state index is 3.57. The summed E-state index contributed by atoms with van der Waals surface area (Å²) in [6, 6.07) is 6.49. The van der Waals surface area contributed by atoms with E-state index in [1.54, 1.807) is 0 Å². The fourth-order valence-electron chi connectivity index (χ4n) is 2.23. The molecule has 1 saturated heterocycles. The summed E-state index contributed by atoms with van der Waals surface area (Å²) in [6.45, 7) is 5.70. The van der Waals surface area contributed by atoms with E-state index >= 15 is 0 Å². The lowest BCUT2D eigenvalue weighted by molar-refractivity contribution is 0.226. The van der Waals surface area contributed by atoms with Crippen LogP contribution in [0.2, 0.25) is 0 Å². The second-order valence-electron chi connectivity index (χ2n) is 5.09. The molecule has 0 atom stereocenters. The molecule has 1 fully saturated rings. The van der Waals surface area contributed by atoms with Gasteiger partial charge in [0.25, 0.3) is 0 Å². The summed E-state index contributed by atoms with van der Waals surface area (Å²) in [5.41, 5.74) is 2.51. The van der Waals surface area contributed by atoms with E-state index in [1.165, 1.54) is 41.7 Å². The zero-order valence-corrected chi connectivity index (χ0v) is 12.3. The molecular weight excluding hydrogens is 276 g/mol. The van der Waals surface area contributed by atoms with E-state index in [0.29, 0.717) is 0 Å². The maximum absolute atomic E-state index is 3.57. The second kappa shape index (κ2) is 5.87. The second-order valence-corrected chi connectivity index (χ2v) is 5.95. The van der Waals surface area contributed by atoms with Crippen molar-refractivity contribution in [2.24, 2.45) is 5.92 Å². The van der Waals surface area contributed by atoms with Crippen LogP contribution >= 0.6 is 15.9 Å². The molecule has 0 radical (unpaired) electrons. The van der Waals surface area contributed by atoms with E-state index < -0.39 is 0 Å².